The molecule has 0 saturated carbocycles. The van der Waals surface area contributed by atoms with Crippen molar-refractivity contribution in [1.29, 1.82) is 0 Å². The van der Waals surface area contributed by atoms with Crippen molar-refractivity contribution in [3.8, 4) is 0 Å². The highest BCUT2D eigenvalue weighted by Gasteiger charge is 2.12. The Morgan fingerprint density at radius 1 is 0.967 bits per heavy atom. The first-order valence-electron chi connectivity index (χ1n) is 9.58. The van der Waals surface area contributed by atoms with Gasteiger partial charge in [0.2, 0.25) is 5.91 Å². The SMILES string of the molecule is COC(=O)C/C=C\C(Cc1ccccc1)NC(=O)CNC(=O)OCc1ccccc1. The van der Waals surface area contributed by atoms with Crippen molar-refractivity contribution < 1.29 is 23.9 Å². The number of amides is 2. The minimum absolute atomic E-state index is 0.113. The monoisotopic (exact) mass is 410 g/mol. The van der Waals surface area contributed by atoms with E-state index in [9.17, 15) is 14.4 Å². The van der Waals surface area contributed by atoms with E-state index in [1.54, 1.807) is 12.2 Å². The third-order valence-electron chi connectivity index (χ3n) is 4.13. The van der Waals surface area contributed by atoms with Gasteiger partial charge >= 0.3 is 12.1 Å². The van der Waals surface area contributed by atoms with Gasteiger partial charge in [0.05, 0.1) is 19.6 Å². The highest BCUT2D eigenvalue weighted by atomic mass is 16.5. The van der Waals surface area contributed by atoms with E-state index >= 15 is 0 Å². The Morgan fingerprint density at radius 3 is 2.23 bits per heavy atom. The van der Waals surface area contributed by atoms with Gasteiger partial charge in [-0.05, 0) is 17.5 Å². The number of esters is 1. The molecular formula is C23H26N2O5. The van der Waals surface area contributed by atoms with Gasteiger partial charge in [-0.2, -0.15) is 0 Å². The van der Waals surface area contributed by atoms with Crippen LogP contribution >= 0.6 is 0 Å². The van der Waals surface area contributed by atoms with Crippen LogP contribution in [-0.4, -0.2) is 37.7 Å². The van der Waals surface area contributed by atoms with Gasteiger partial charge in [-0.25, -0.2) is 4.79 Å². The Morgan fingerprint density at radius 2 is 1.60 bits per heavy atom. The van der Waals surface area contributed by atoms with Gasteiger partial charge in [0.25, 0.3) is 0 Å². The van der Waals surface area contributed by atoms with Crippen molar-refractivity contribution in [2.45, 2.75) is 25.5 Å². The predicted octanol–water partition coefficient (Wildman–Crippen LogP) is 2.76. The molecule has 2 aromatic rings. The molecule has 0 saturated heterocycles. The first-order valence-corrected chi connectivity index (χ1v) is 9.58. The average Bonchev–Trinajstić information content (AvgIpc) is 2.77. The number of methoxy groups -OCH3 is 1. The first kappa shape index (κ1) is 22.7. The number of nitrogens with one attached hydrogen (secondary N) is 2. The molecule has 7 nitrogen and oxygen atoms in total. The summed E-state index contributed by atoms with van der Waals surface area (Å²) in [5.74, 6) is -0.728. The van der Waals surface area contributed by atoms with Crippen molar-refractivity contribution in [2.24, 2.45) is 0 Å². The maximum absolute atomic E-state index is 12.3. The Hall–Kier alpha value is -3.61. The lowest BCUT2D eigenvalue weighted by Crippen LogP contribution is -2.42. The Balaban J connectivity index is 1.82. The van der Waals surface area contributed by atoms with Crippen LogP contribution in [0, 0.1) is 0 Å². The molecule has 2 aromatic carbocycles. The van der Waals surface area contributed by atoms with E-state index in [1.165, 1.54) is 7.11 Å². The van der Waals surface area contributed by atoms with Gasteiger partial charge in [-0.15, -0.1) is 0 Å². The maximum atomic E-state index is 12.3. The summed E-state index contributed by atoms with van der Waals surface area (Å²) in [6.07, 6.45) is 3.39. The molecule has 2 rings (SSSR count). The van der Waals surface area contributed by atoms with Crippen LogP contribution in [0.3, 0.4) is 0 Å². The van der Waals surface area contributed by atoms with Crippen LogP contribution in [-0.2, 0) is 32.1 Å². The zero-order chi connectivity index (χ0) is 21.6. The lowest BCUT2D eigenvalue weighted by atomic mass is 10.1. The number of alkyl carbamates (subject to hydrolysis) is 1. The van der Waals surface area contributed by atoms with Gasteiger partial charge in [-0.1, -0.05) is 72.8 Å². The van der Waals surface area contributed by atoms with Gasteiger partial charge in [-0.3, -0.25) is 9.59 Å². The van der Waals surface area contributed by atoms with Crippen LogP contribution < -0.4 is 10.6 Å². The van der Waals surface area contributed by atoms with E-state index in [0.717, 1.165) is 11.1 Å². The highest BCUT2D eigenvalue weighted by Crippen LogP contribution is 2.05. The fourth-order valence-corrected chi connectivity index (χ4v) is 2.63. The molecule has 2 N–H and O–H groups in total. The molecule has 0 aliphatic carbocycles. The number of hydrogen-bond donors (Lipinski definition) is 2. The molecule has 0 aliphatic heterocycles. The molecule has 30 heavy (non-hydrogen) atoms. The fourth-order valence-electron chi connectivity index (χ4n) is 2.63. The number of carbonyl (C=O) groups is 3. The van der Waals surface area contributed by atoms with Crippen LogP contribution in [0.1, 0.15) is 17.5 Å². The fraction of sp³-hybridized carbons (Fsp3) is 0.261. The molecule has 2 amide bonds. The zero-order valence-corrected chi connectivity index (χ0v) is 16.9. The van der Waals surface area contributed by atoms with E-state index in [4.69, 9.17) is 4.74 Å². The minimum Gasteiger partial charge on any atom is -0.469 e. The number of benzene rings is 2. The summed E-state index contributed by atoms with van der Waals surface area (Å²) in [6, 6.07) is 18.6. The molecule has 7 heteroatoms. The summed E-state index contributed by atoms with van der Waals surface area (Å²) in [7, 11) is 1.32. The smallest absolute Gasteiger partial charge is 0.407 e. The Kier molecular flexibility index (Phi) is 9.65. The van der Waals surface area contributed by atoms with Crippen LogP contribution in [0.4, 0.5) is 4.79 Å². The second-order valence-corrected chi connectivity index (χ2v) is 6.49. The molecule has 0 aromatic heterocycles. The second-order valence-electron chi connectivity index (χ2n) is 6.49. The maximum Gasteiger partial charge on any atom is 0.407 e. The van der Waals surface area contributed by atoms with Crippen LogP contribution in [0.15, 0.2) is 72.8 Å². The molecule has 0 aliphatic rings. The van der Waals surface area contributed by atoms with Gasteiger partial charge < -0.3 is 20.1 Å². The summed E-state index contributed by atoms with van der Waals surface area (Å²) in [5, 5.41) is 5.27. The summed E-state index contributed by atoms with van der Waals surface area (Å²) in [6.45, 7) is -0.0923. The number of hydrogen-bond acceptors (Lipinski definition) is 5. The molecule has 0 heterocycles. The molecule has 158 valence electrons. The third-order valence-corrected chi connectivity index (χ3v) is 4.13. The van der Waals surface area contributed by atoms with Crippen molar-refractivity contribution in [2.75, 3.05) is 13.7 Å². The normalized spacial score (nSPS) is 11.5. The van der Waals surface area contributed by atoms with Crippen molar-refractivity contribution in [1.82, 2.24) is 10.6 Å². The van der Waals surface area contributed by atoms with Gasteiger partial charge in [0.1, 0.15) is 13.2 Å². The summed E-state index contributed by atoms with van der Waals surface area (Å²) >= 11 is 0. The summed E-state index contributed by atoms with van der Waals surface area (Å²) < 4.78 is 9.70. The van der Waals surface area contributed by atoms with Crippen LogP contribution in [0.5, 0.6) is 0 Å². The molecule has 0 spiro atoms. The highest BCUT2D eigenvalue weighted by molar-refractivity contribution is 5.82. The van der Waals surface area contributed by atoms with E-state index in [1.807, 2.05) is 60.7 Å². The minimum atomic E-state index is -0.671. The van der Waals surface area contributed by atoms with Gasteiger partial charge in [0, 0.05) is 0 Å². The molecule has 0 radical (unpaired) electrons. The van der Waals surface area contributed by atoms with Crippen molar-refractivity contribution >= 4 is 18.0 Å². The van der Waals surface area contributed by atoms with E-state index < -0.39 is 6.09 Å². The van der Waals surface area contributed by atoms with Crippen molar-refractivity contribution in [3.63, 3.8) is 0 Å². The average molecular weight is 410 g/mol. The summed E-state index contributed by atoms with van der Waals surface area (Å²) in [5.41, 5.74) is 1.89. The second kappa shape index (κ2) is 12.8. The number of ether oxygens (including phenoxy) is 2. The lowest BCUT2D eigenvalue weighted by Gasteiger charge is -2.16. The topological polar surface area (TPSA) is 93.7 Å². The molecule has 1 unspecified atom stereocenters. The number of rotatable bonds is 10. The first-order chi connectivity index (χ1) is 14.6. The summed E-state index contributed by atoms with van der Waals surface area (Å²) in [4.78, 5) is 35.4. The van der Waals surface area contributed by atoms with E-state index in [2.05, 4.69) is 15.4 Å². The molecule has 0 bridgehead atoms. The van der Waals surface area contributed by atoms with Gasteiger partial charge in [0.15, 0.2) is 0 Å². The largest absolute Gasteiger partial charge is 0.469 e. The Bertz CT molecular complexity index is 837. The Labute approximate surface area is 176 Å². The third kappa shape index (κ3) is 9.05. The zero-order valence-electron chi connectivity index (χ0n) is 16.9. The quantitative estimate of drug-likeness (QED) is 0.464. The standard InChI is InChI=1S/C23H26N2O5/c1-29-22(27)14-8-13-20(15-18-9-4-2-5-10-18)25-21(26)16-24-23(28)30-17-19-11-6-3-7-12-19/h2-13,20H,14-17H2,1H3,(H,24,28)(H,25,26)/b13-8-. The van der Waals surface area contributed by atoms with Crippen molar-refractivity contribution in [3.05, 3.63) is 83.9 Å². The van der Waals surface area contributed by atoms with E-state index in [0.29, 0.717) is 6.42 Å². The molecular weight excluding hydrogens is 384 g/mol. The molecule has 1 atom stereocenters. The van der Waals surface area contributed by atoms with Crippen LogP contribution in [0.2, 0.25) is 0 Å². The predicted molar refractivity (Wildman–Crippen MR) is 112 cm³/mol. The lowest BCUT2D eigenvalue weighted by molar-refractivity contribution is -0.139. The number of carbonyl (C=O) groups excluding carboxylic acids is 3. The van der Waals surface area contributed by atoms with Crippen LogP contribution in [0.25, 0.3) is 0 Å². The molecule has 0 fully saturated rings. The van der Waals surface area contributed by atoms with E-state index in [-0.39, 0.29) is 37.5 Å².